The van der Waals surface area contributed by atoms with Gasteiger partial charge in [0.15, 0.2) is 0 Å². The lowest BCUT2D eigenvalue weighted by molar-refractivity contribution is -0.125. The Balaban J connectivity index is 1.74. The summed E-state index contributed by atoms with van der Waals surface area (Å²) in [6, 6.07) is 18.3. The molecule has 2 amide bonds. The number of methoxy groups -OCH3 is 2. The molecule has 1 aliphatic heterocycles. The number of ether oxygens (including phenoxy) is 2. The zero-order valence-electron chi connectivity index (χ0n) is 19.4. The Morgan fingerprint density at radius 3 is 2.21 bits per heavy atom. The van der Waals surface area contributed by atoms with Crippen molar-refractivity contribution >= 4 is 23.2 Å². The molecular formula is C27H27FN2O4. The number of hydrogen-bond donors (Lipinski definition) is 1. The van der Waals surface area contributed by atoms with Crippen LogP contribution in [-0.2, 0) is 9.59 Å². The van der Waals surface area contributed by atoms with Gasteiger partial charge in [0.2, 0.25) is 11.8 Å². The van der Waals surface area contributed by atoms with Gasteiger partial charge in [0, 0.05) is 17.8 Å². The van der Waals surface area contributed by atoms with Crippen molar-refractivity contribution in [2.24, 2.45) is 5.92 Å². The third-order valence-corrected chi connectivity index (χ3v) is 6.20. The predicted molar refractivity (Wildman–Crippen MR) is 129 cm³/mol. The summed E-state index contributed by atoms with van der Waals surface area (Å²) in [5.41, 5.74) is 2.66. The SMILES string of the molecule is COc1ccc(C2C(C(=O)Nc3cc(F)ccc3C)CCC(=O)N2c2ccc(OC)cc2)cc1. The van der Waals surface area contributed by atoms with Crippen molar-refractivity contribution in [1.29, 1.82) is 0 Å². The predicted octanol–water partition coefficient (Wildman–Crippen LogP) is 5.27. The first-order valence-electron chi connectivity index (χ1n) is 11.1. The van der Waals surface area contributed by atoms with E-state index in [1.165, 1.54) is 12.1 Å². The van der Waals surface area contributed by atoms with Gasteiger partial charge in [0.1, 0.15) is 17.3 Å². The Bertz CT molecular complexity index is 1180. The van der Waals surface area contributed by atoms with E-state index in [1.54, 1.807) is 37.3 Å². The first-order chi connectivity index (χ1) is 16.4. The van der Waals surface area contributed by atoms with Crippen LogP contribution in [0.4, 0.5) is 15.8 Å². The smallest absolute Gasteiger partial charge is 0.229 e. The molecule has 34 heavy (non-hydrogen) atoms. The van der Waals surface area contributed by atoms with Crippen LogP contribution in [0, 0.1) is 18.7 Å². The quantitative estimate of drug-likeness (QED) is 0.542. The number of aryl methyl sites for hydroxylation is 1. The van der Waals surface area contributed by atoms with Crippen LogP contribution < -0.4 is 19.7 Å². The van der Waals surface area contributed by atoms with Gasteiger partial charge in [0.05, 0.1) is 26.2 Å². The number of rotatable bonds is 6. The number of hydrogen-bond acceptors (Lipinski definition) is 4. The van der Waals surface area contributed by atoms with Crippen LogP contribution in [0.1, 0.15) is 30.0 Å². The van der Waals surface area contributed by atoms with E-state index in [0.29, 0.717) is 29.3 Å². The van der Waals surface area contributed by atoms with Crippen LogP contribution >= 0.6 is 0 Å². The van der Waals surface area contributed by atoms with E-state index in [4.69, 9.17) is 9.47 Å². The van der Waals surface area contributed by atoms with Gasteiger partial charge in [0.25, 0.3) is 0 Å². The number of carbonyl (C=O) groups is 2. The number of amides is 2. The van der Waals surface area contributed by atoms with E-state index in [2.05, 4.69) is 5.32 Å². The van der Waals surface area contributed by atoms with Gasteiger partial charge in [-0.15, -0.1) is 0 Å². The van der Waals surface area contributed by atoms with Gasteiger partial charge in [-0.25, -0.2) is 4.39 Å². The number of benzene rings is 3. The zero-order valence-corrected chi connectivity index (χ0v) is 19.4. The molecule has 3 aromatic carbocycles. The molecule has 4 rings (SSSR count). The maximum atomic E-state index is 13.8. The maximum absolute atomic E-state index is 13.8. The van der Waals surface area contributed by atoms with E-state index in [0.717, 1.165) is 11.1 Å². The lowest BCUT2D eigenvalue weighted by atomic mass is 9.83. The monoisotopic (exact) mass is 462 g/mol. The molecule has 176 valence electrons. The lowest BCUT2D eigenvalue weighted by Gasteiger charge is -2.41. The Morgan fingerprint density at radius 1 is 0.971 bits per heavy atom. The molecule has 0 bridgehead atoms. The molecule has 1 fully saturated rings. The van der Waals surface area contributed by atoms with Crippen molar-refractivity contribution in [2.45, 2.75) is 25.8 Å². The third-order valence-electron chi connectivity index (χ3n) is 6.20. The molecule has 0 saturated carbocycles. The van der Waals surface area contributed by atoms with E-state index in [1.807, 2.05) is 43.3 Å². The molecule has 1 heterocycles. The highest BCUT2D eigenvalue weighted by atomic mass is 19.1. The van der Waals surface area contributed by atoms with Gasteiger partial charge in [-0.2, -0.15) is 0 Å². The molecule has 1 N–H and O–H groups in total. The van der Waals surface area contributed by atoms with Crippen molar-refractivity contribution < 1.29 is 23.5 Å². The molecule has 0 radical (unpaired) electrons. The van der Waals surface area contributed by atoms with Gasteiger partial charge >= 0.3 is 0 Å². The van der Waals surface area contributed by atoms with Gasteiger partial charge in [-0.05, 0) is 73.0 Å². The second-order valence-electron chi connectivity index (χ2n) is 8.27. The van der Waals surface area contributed by atoms with Gasteiger partial charge in [-0.3, -0.25) is 9.59 Å². The van der Waals surface area contributed by atoms with E-state index in [9.17, 15) is 14.0 Å². The number of nitrogens with zero attached hydrogens (tertiary/aromatic N) is 1. The van der Waals surface area contributed by atoms with Crippen molar-refractivity contribution in [2.75, 3.05) is 24.4 Å². The molecular weight excluding hydrogens is 435 g/mol. The van der Waals surface area contributed by atoms with Crippen LogP contribution in [0.3, 0.4) is 0 Å². The van der Waals surface area contributed by atoms with Crippen molar-refractivity contribution in [1.82, 2.24) is 0 Å². The Kier molecular flexibility index (Phi) is 6.82. The number of carbonyl (C=O) groups excluding carboxylic acids is 2. The molecule has 2 unspecified atom stereocenters. The van der Waals surface area contributed by atoms with Crippen LogP contribution in [-0.4, -0.2) is 26.0 Å². The second-order valence-corrected chi connectivity index (χ2v) is 8.27. The molecule has 6 nitrogen and oxygen atoms in total. The number of nitrogens with one attached hydrogen (secondary N) is 1. The first kappa shape index (κ1) is 23.3. The minimum atomic E-state index is -0.547. The summed E-state index contributed by atoms with van der Waals surface area (Å²) in [5.74, 6) is 0.0444. The van der Waals surface area contributed by atoms with Crippen molar-refractivity contribution in [3.05, 3.63) is 83.7 Å². The van der Waals surface area contributed by atoms with Crippen LogP contribution in [0.25, 0.3) is 0 Å². The molecule has 0 spiro atoms. The Labute approximate surface area is 198 Å². The number of piperidine rings is 1. The van der Waals surface area contributed by atoms with E-state index < -0.39 is 17.8 Å². The summed E-state index contributed by atoms with van der Waals surface area (Å²) in [6.07, 6.45) is 0.598. The molecule has 2 atom stereocenters. The first-order valence-corrected chi connectivity index (χ1v) is 11.1. The molecule has 1 aliphatic rings. The van der Waals surface area contributed by atoms with Crippen LogP contribution in [0.2, 0.25) is 0 Å². The molecule has 3 aromatic rings. The van der Waals surface area contributed by atoms with Crippen LogP contribution in [0.5, 0.6) is 11.5 Å². The molecule has 1 saturated heterocycles. The van der Waals surface area contributed by atoms with Gasteiger partial charge < -0.3 is 19.7 Å². The molecule has 0 aromatic heterocycles. The summed E-state index contributed by atoms with van der Waals surface area (Å²) < 4.78 is 24.4. The average Bonchev–Trinajstić information content (AvgIpc) is 2.86. The summed E-state index contributed by atoms with van der Waals surface area (Å²) in [6.45, 7) is 1.81. The topological polar surface area (TPSA) is 67.9 Å². The summed E-state index contributed by atoms with van der Waals surface area (Å²) in [7, 11) is 3.16. The lowest BCUT2D eigenvalue weighted by Crippen LogP contribution is -2.47. The molecule has 0 aliphatic carbocycles. The highest BCUT2D eigenvalue weighted by Gasteiger charge is 2.41. The average molecular weight is 463 g/mol. The standard InChI is InChI=1S/C27H27FN2O4/c1-17-4-7-19(28)16-24(17)29-27(32)23-14-15-25(31)30(20-8-12-22(34-3)13-9-20)26(23)18-5-10-21(33-2)11-6-18/h4-13,16,23,26H,14-15H2,1-3H3,(H,29,32). The maximum Gasteiger partial charge on any atom is 0.229 e. The minimum absolute atomic E-state index is 0.0722. The fourth-order valence-corrected chi connectivity index (χ4v) is 4.35. The van der Waals surface area contributed by atoms with Crippen molar-refractivity contribution in [3.63, 3.8) is 0 Å². The minimum Gasteiger partial charge on any atom is -0.497 e. The fourth-order valence-electron chi connectivity index (χ4n) is 4.35. The highest BCUT2D eigenvalue weighted by molar-refractivity contribution is 6.00. The van der Waals surface area contributed by atoms with Gasteiger partial charge in [-0.1, -0.05) is 18.2 Å². The van der Waals surface area contributed by atoms with Crippen LogP contribution in [0.15, 0.2) is 66.7 Å². The highest BCUT2D eigenvalue weighted by Crippen LogP contribution is 2.41. The second kappa shape index (κ2) is 9.95. The number of halogens is 1. The normalized spacial score (nSPS) is 17.9. The fraction of sp³-hybridized carbons (Fsp3) is 0.259. The Hall–Kier alpha value is -3.87. The molecule has 7 heteroatoms. The van der Waals surface area contributed by atoms with E-state index >= 15 is 0 Å². The number of anilines is 2. The van der Waals surface area contributed by atoms with E-state index in [-0.39, 0.29) is 18.2 Å². The zero-order chi connectivity index (χ0) is 24.2. The summed E-state index contributed by atoms with van der Waals surface area (Å²) >= 11 is 0. The largest absolute Gasteiger partial charge is 0.497 e. The summed E-state index contributed by atoms with van der Waals surface area (Å²) in [4.78, 5) is 28.3. The summed E-state index contributed by atoms with van der Waals surface area (Å²) in [5, 5.41) is 2.89. The van der Waals surface area contributed by atoms with Crippen molar-refractivity contribution in [3.8, 4) is 11.5 Å². The third kappa shape index (κ3) is 4.73. The Morgan fingerprint density at radius 2 is 1.59 bits per heavy atom.